The molecule has 0 heterocycles. The van der Waals surface area contributed by atoms with Crippen LogP contribution in [0.3, 0.4) is 0 Å². The van der Waals surface area contributed by atoms with E-state index < -0.39 is 6.04 Å². The molecule has 0 aliphatic rings. The van der Waals surface area contributed by atoms with E-state index in [-0.39, 0.29) is 30.1 Å². The summed E-state index contributed by atoms with van der Waals surface area (Å²) in [6, 6.07) is 16.9. The van der Waals surface area contributed by atoms with Crippen LogP contribution in [-0.2, 0) is 14.3 Å². The molecule has 2 rings (SSSR count). The number of allylic oxidation sites excluding steroid dienone is 1. The topological polar surface area (TPSA) is 55.4 Å². The minimum atomic E-state index is -0.485. The van der Waals surface area contributed by atoms with Crippen molar-refractivity contribution >= 4 is 17.8 Å². The first-order valence-corrected chi connectivity index (χ1v) is 9.57. The molecule has 2 atom stereocenters. The SMILES string of the molecule is COC(=O)[C@@H](NC(CC(=O)/C=C\c1ccccc1)c1cccc(C)c1)C(C)C. The van der Waals surface area contributed by atoms with Crippen molar-refractivity contribution in [2.45, 2.75) is 39.3 Å². The molecule has 28 heavy (non-hydrogen) atoms. The van der Waals surface area contributed by atoms with E-state index in [4.69, 9.17) is 4.74 Å². The van der Waals surface area contributed by atoms with Gasteiger partial charge in [0.15, 0.2) is 5.78 Å². The van der Waals surface area contributed by atoms with E-state index in [0.717, 1.165) is 16.7 Å². The third-order valence-corrected chi connectivity index (χ3v) is 4.61. The summed E-state index contributed by atoms with van der Waals surface area (Å²) in [7, 11) is 1.38. The summed E-state index contributed by atoms with van der Waals surface area (Å²) in [6.07, 6.45) is 3.67. The molecule has 0 amide bonds. The van der Waals surface area contributed by atoms with E-state index in [1.54, 1.807) is 6.08 Å². The van der Waals surface area contributed by atoms with E-state index in [9.17, 15) is 9.59 Å². The van der Waals surface area contributed by atoms with Crippen molar-refractivity contribution in [3.8, 4) is 0 Å². The first-order chi connectivity index (χ1) is 13.4. The minimum Gasteiger partial charge on any atom is -0.468 e. The number of carbonyl (C=O) groups excluding carboxylic acids is 2. The summed E-state index contributed by atoms with van der Waals surface area (Å²) in [6.45, 7) is 5.93. The molecule has 4 nitrogen and oxygen atoms in total. The Bertz CT molecular complexity index is 812. The predicted octanol–water partition coefficient (Wildman–Crippen LogP) is 4.50. The normalized spacial score (nSPS) is 13.5. The highest BCUT2D eigenvalue weighted by Crippen LogP contribution is 2.22. The van der Waals surface area contributed by atoms with Crippen molar-refractivity contribution in [1.82, 2.24) is 5.32 Å². The maximum absolute atomic E-state index is 12.6. The molecule has 1 unspecified atom stereocenters. The number of hydrogen-bond donors (Lipinski definition) is 1. The van der Waals surface area contributed by atoms with Crippen molar-refractivity contribution in [2.24, 2.45) is 5.92 Å². The highest BCUT2D eigenvalue weighted by atomic mass is 16.5. The minimum absolute atomic E-state index is 0.00442. The molecule has 2 aromatic rings. The lowest BCUT2D eigenvalue weighted by Gasteiger charge is -2.26. The third-order valence-electron chi connectivity index (χ3n) is 4.61. The Kier molecular flexibility index (Phi) is 8.15. The van der Waals surface area contributed by atoms with Crippen LogP contribution in [0, 0.1) is 12.8 Å². The van der Waals surface area contributed by atoms with Gasteiger partial charge in [-0.1, -0.05) is 80.1 Å². The predicted molar refractivity (Wildman–Crippen MR) is 113 cm³/mol. The fourth-order valence-corrected chi connectivity index (χ4v) is 3.06. The van der Waals surface area contributed by atoms with Crippen LogP contribution in [-0.4, -0.2) is 24.9 Å². The Labute approximate surface area is 167 Å². The highest BCUT2D eigenvalue weighted by Gasteiger charge is 2.27. The summed E-state index contributed by atoms with van der Waals surface area (Å²) in [5.41, 5.74) is 3.07. The largest absolute Gasteiger partial charge is 0.468 e. The molecule has 2 aromatic carbocycles. The molecule has 0 aromatic heterocycles. The second-order valence-electron chi connectivity index (χ2n) is 7.29. The Hall–Kier alpha value is -2.72. The fourth-order valence-electron chi connectivity index (χ4n) is 3.06. The van der Waals surface area contributed by atoms with Crippen LogP contribution >= 0.6 is 0 Å². The molecule has 0 saturated carbocycles. The van der Waals surface area contributed by atoms with Crippen LogP contribution in [0.5, 0.6) is 0 Å². The Balaban J connectivity index is 2.21. The number of carbonyl (C=O) groups is 2. The van der Waals surface area contributed by atoms with Crippen molar-refractivity contribution in [2.75, 3.05) is 7.11 Å². The van der Waals surface area contributed by atoms with Crippen LogP contribution < -0.4 is 5.32 Å². The van der Waals surface area contributed by atoms with Gasteiger partial charge >= 0.3 is 5.97 Å². The van der Waals surface area contributed by atoms with Crippen molar-refractivity contribution < 1.29 is 14.3 Å². The summed E-state index contributed by atoms with van der Waals surface area (Å²) >= 11 is 0. The van der Waals surface area contributed by atoms with Gasteiger partial charge in [-0.3, -0.25) is 14.9 Å². The lowest BCUT2D eigenvalue weighted by atomic mass is 9.96. The Morgan fingerprint density at radius 1 is 1.07 bits per heavy atom. The average Bonchev–Trinajstić information content (AvgIpc) is 2.69. The maximum Gasteiger partial charge on any atom is 0.323 e. The number of ketones is 1. The quantitative estimate of drug-likeness (QED) is 0.515. The van der Waals surface area contributed by atoms with Gasteiger partial charge in [-0.25, -0.2) is 0 Å². The van der Waals surface area contributed by atoms with Gasteiger partial charge in [-0.15, -0.1) is 0 Å². The first kappa shape index (κ1) is 21.6. The van der Waals surface area contributed by atoms with E-state index in [2.05, 4.69) is 5.32 Å². The second-order valence-corrected chi connectivity index (χ2v) is 7.29. The van der Waals surface area contributed by atoms with E-state index in [0.29, 0.717) is 0 Å². The van der Waals surface area contributed by atoms with Gasteiger partial charge in [-0.05, 0) is 30.0 Å². The molecule has 1 N–H and O–H groups in total. The van der Waals surface area contributed by atoms with Crippen molar-refractivity contribution in [3.05, 3.63) is 77.4 Å². The molecule has 0 fully saturated rings. The lowest BCUT2D eigenvalue weighted by molar-refractivity contribution is -0.144. The summed E-state index contributed by atoms with van der Waals surface area (Å²) in [5, 5.41) is 3.35. The number of benzene rings is 2. The van der Waals surface area contributed by atoms with Gasteiger partial charge in [0.25, 0.3) is 0 Å². The number of aryl methyl sites for hydroxylation is 1. The van der Waals surface area contributed by atoms with Gasteiger partial charge < -0.3 is 4.74 Å². The van der Waals surface area contributed by atoms with Crippen LogP contribution in [0.2, 0.25) is 0 Å². The molecule has 0 aliphatic heterocycles. The number of methoxy groups -OCH3 is 1. The van der Waals surface area contributed by atoms with Crippen LogP contribution in [0.25, 0.3) is 6.08 Å². The van der Waals surface area contributed by atoms with Gasteiger partial charge in [-0.2, -0.15) is 0 Å². The average molecular weight is 380 g/mol. The number of hydrogen-bond acceptors (Lipinski definition) is 4. The zero-order chi connectivity index (χ0) is 20.5. The molecule has 0 bridgehead atoms. The second kappa shape index (κ2) is 10.6. The zero-order valence-corrected chi connectivity index (χ0v) is 17.0. The van der Waals surface area contributed by atoms with Gasteiger partial charge in [0.2, 0.25) is 0 Å². The van der Waals surface area contributed by atoms with Crippen molar-refractivity contribution in [1.29, 1.82) is 0 Å². The molecular weight excluding hydrogens is 350 g/mol. The number of esters is 1. The molecule has 0 radical (unpaired) electrons. The zero-order valence-electron chi connectivity index (χ0n) is 17.0. The molecular formula is C24H29NO3. The van der Waals surface area contributed by atoms with Crippen LogP contribution in [0.1, 0.15) is 43.0 Å². The first-order valence-electron chi connectivity index (χ1n) is 9.57. The van der Waals surface area contributed by atoms with E-state index >= 15 is 0 Å². The van der Waals surface area contributed by atoms with Gasteiger partial charge in [0.05, 0.1) is 7.11 Å². The Morgan fingerprint density at radius 3 is 2.39 bits per heavy atom. The standard InChI is InChI=1S/C24H29NO3/c1-17(2)23(24(27)28-4)25-22(20-12-8-9-18(3)15-20)16-21(26)14-13-19-10-6-5-7-11-19/h5-15,17,22-23,25H,16H2,1-4H3/b14-13-/t22?,23-/m0/s1. The van der Waals surface area contributed by atoms with Gasteiger partial charge in [0.1, 0.15) is 6.04 Å². The molecule has 148 valence electrons. The molecule has 4 heteroatoms. The van der Waals surface area contributed by atoms with Gasteiger partial charge in [0, 0.05) is 12.5 Å². The summed E-state index contributed by atoms with van der Waals surface area (Å²) in [4.78, 5) is 24.8. The number of rotatable bonds is 9. The number of nitrogens with one attached hydrogen (secondary N) is 1. The lowest BCUT2D eigenvalue weighted by Crippen LogP contribution is -2.44. The summed E-state index contributed by atoms with van der Waals surface area (Å²) < 4.78 is 4.94. The van der Waals surface area contributed by atoms with E-state index in [1.165, 1.54) is 7.11 Å². The Morgan fingerprint density at radius 2 is 1.79 bits per heavy atom. The number of ether oxygens (including phenoxy) is 1. The highest BCUT2D eigenvalue weighted by molar-refractivity contribution is 5.94. The molecule has 0 aliphatic carbocycles. The van der Waals surface area contributed by atoms with Crippen LogP contribution in [0.4, 0.5) is 0 Å². The molecule has 0 saturated heterocycles. The third kappa shape index (κ3) is 6.46. The summed E-state index contributed by atoms with van der Waals surface area (Å²) in [5.74, 6) is -0.287. The fraction of sp³-hybridized carbons (Fsp3) is 0.333. The van der Waals surface area contributed by atoms with E-state index in [1.807, 2.05) is 81.4 Å². The monoisotopic (exact) mass is 379 g/mol. The van der Waals surface area contributed by atoms with Crippen molar-refractivity contribution in [3.63, 3.8) is 0 Å². The smallest absolute Gasteiger partial charge is 0.323 e. The molecule has 0 spiro atoms. The van der Waals surface area contributed by atoms with Crippen LogP contribution in [0.15, 0.2) is 60.7 Å². The maximum atomic E-state index is 12.6.